The Balaban J connectivity index is 1.61. The van der Waals surface area contributed by atoms with E-state index in [1.807, 2.05) is 0 Å². The summed E-state index contributed by atoms with van der Waals surface area (Å²) in [5, 5.41) is 3.36. The molecular weight excluding hydrogens is 328 g/mol. The fourth-order valence-corrected chi connectivity index (χ4v) is 5.17. The van der Waals surface area contributed by atoms with Crippen molar-refractivity contribution in [2.45, 2.75) is 50.6 Å². The molecule has 1 aromatic heterocycles. The Labute approximate surface area is 142 Å². The van der Waals surface area contributed by atoms with Gasteiger partial charge in [0.05, 0.1) is 23.9 Å². The number of anilines is 1. The molecule has 0 spiro atoms. The first kappa shape index (κ1) is 17.1. The van der Waals surface area contributed by atoms with Crippen LogP contribution in [0.5, 0.6) is 0 Å². The van der Waals surface area contributed by atoms with E-state index in [0.717, 1.165) is 12.8 Å². The van der Waals surface area contributed by atoms with Crippen molar-refractivity contribution in [1.29, 1.82) is 0 Å². The van der Waals surface area contributed by atoms with Crippen LogP contribution in [0.15, 0.2) is 12.4 Å². The van der Waals surface area contributed by atoms with Gasteiger partial charge in [-0.25, -0.2) is 18.4 Å². The minimum atomic E-state index is -3.02. The standard InChI is InChI=1S/C16H24N4O3S/c1-20(13-7-8-24(22,23)11-13)16(21)14-9-18-15(10-17-14)19-12-5-3-2-4-6-12/h9-10,12-13H,2-8,11H2,1H3,(H,18,19). The quantitative estimate of drug-likeness (QED) is 0.882. The van der Waals surface area contributed by atoms with E-state index in [0.29, 0.717) is 18.3 Å². The Morgan fingerprint density at radius 2 is 1.92 bits per heavy atom. The van der Waals surface area contributed by atoms with Crippen LogP contribution in [0.25, 0.3) is 0 Å². The lowest BCUT2D eigenvalue weighted by atomic mass is 9.96. The lowest BCUT2D eigenvalue weighted by molar-refractivity contribution is 0.0741. The van der Waals surface area contributed by atoms with Crippen LogP contribution in [0.3, 0.4) is 0 Å². The van der Waals surface area contributed by atoms with E-state index in [-0.39, 0.29) is 29.1 Å². The predicted octanol–water partition coefficient (Wildman–Crippen LogP) is 1.48. The molecule has 1 amide bonds. The fourth-order valence-electron chi connectivity index (χ4n) is 3.40. The van der Waals surface area contributed by atoms with Gasteiger partial charge in [-0.2, -0.15) is 0 Å². The molecule has 24 heavy (non-hydrogen) atoms. The first-order valence-corrected chi connectivity index (χ1v) is 10.3. The van der Waals surface area contributed by atoms with E-state index in [9.17, 15) is 13.2 Å². The first-order valence-electron chi connectivity index (χ1n) is 8.51. The van der Waals surface area contributed by atoms with Gasteiger partial charge in [0.2, 0.25) is 0 Å². The van der Waals surface area contributed by atoms with Gasteiger partial charge in [-0.3, -0.25) is 4.79 Å². The molecule has 2 heterocycles. The summed E-state index contributed by atoms with van der Waals surface area (Å²) in [5.41, 5.74) is 0.246. The molecule has 0 bridgehead atoms. The highest BCUT2D eigenvalue weighted by atomic mass is 32.2. The molecule has 1 saturated carbocycles. The van der Waals surface area contributed by atoms with Gasteiger partial charge >= 0.3 is 0 Å². The van der Waals surface area contributed by atoms with Gasteiger partial charge in [-0.1, -0.05) is 19.3 Å². The van der Waals surface area contributed by atoms with Crippen LogP contribution in [0.1, 0.15) is 49.0 Å². The van der Waals surface area contributed by atoms with Gasteiger partial charge in [-0.15, -0.1) is 0 Å². The van der Waals surface area contributed by atoms with Crippen molar-refractivity contribution < 1.29 is 13.2 Å². The number of nitrogens with zero attached hydrogens (tertiary/aromatic N) is 3. The fraction of sp³-hybridized carbons (Fsp3) is 0.688. The minimum absolute atomic E-state index is 0.0317. The third kappa shape index (κ3) is 4.03. The Bertz CT molecular complexity index is 684. The summed E-state index contributed by atoms with van der Waals surface area (Å²) in [6.45, 7) is 0. The number of rotatable bonds is 4. The largest absolute Gasteiger partial charge is 0.366 e. The monoisotopic (exact) mass is 352 g/mol. The van der Waals surface area contributed by atoms with Crippen molar-refractivity contribution in [2.24, 2.45) is 0 Å². The average Bonchev–Trinajstić information content (AvgIpc) is 2.95. The highest BCUT2D eigenvalue weighted by Crippen LogP contribution is 2.21. The normalized spacial score (nSPS) is 23.8. The van der Waals surface area contributed by atoms with E-state index in [1.54, 1.807) is 13.2 Å². The maximum atomic E-state index is 12.5. The number of sulfone groups is 1. The van der Waals surface area contributed by atoms with Crippen molar-refractivity contribution in [3.05, 3.63) is 18.1 Å². The lowest BCUT2D eigenvalue weighted by Gasteiger charge is -2.24. The summed E-state index contributed by atoms with van der Waals surface area (Å²) in [7, 11) is -1.39. The second-order valence-electron chi connectivity index (χ2n) is 6.74. The van der Waals surface area contributed by atoms with Crippen LogP contribution >= 0.6 is 0 Å². The van der Waals surface area contributed by atoms with Crippen molar-refractivity contribution in [2.75, 3.05) is 23.9 Å². The summed E-state index contributed by atoms with van der Waals surface area (Å²) in [6.07, 6.45) is 9.57. The van der Waals surface area contributed by atoms with E-state index in [2.05, 4.69) is 15.3 Å². The molecule has 1 aromatic rings. The van der Waals surface area contributed by atoms with Crippen molar-refractivity contribution in [3.63, 3.8) is 0 Å². The molecule has 2 aliphatic rings. The molecule has 1 aliphatic heterocycles. The summed E-state index contributed by atoms with van der Waals surface area (Å²) in [4.78, 5) is 22.4. The molecular formula is C16H24N4O3S. The number of aromatic nitrogens is 2. The number of carbonyl (C=O) groups is 1. The summed E-state index contributed by atoms with van der Waals surface area (Å²) >= 11 is 0. The molecule has 3 rings (SSSR count). The topological polar surface area (TPSA) is 92.3 Å². The van der Waals surface area contributed by atoms with Crippen LogP contribution in [-0.2, 0) is 9.84 Å². The maximum absolute atomic E-state index is 12.5. The van der Waals surface area contributed by atoms with Gasteiger partial charge in [-0.05, 0) is 19.3 Å². The number of nitrogens with one attached hydrogen (secondary N) is 1. The van der Waals surface area contributed by atoms with E-state index < -0.39 is 9.84 Å². The molecule has 0 aromatic carbocycles. The molecule has 1 aliphatic carbocycles. The lowest BCUT2D eigenvalue weighted by Crippen LogP contribution is -2.38. The molecule has 1 N–H and O–H groups in total. The number of amides is 1. The Kier molecular flexibility index (Phi) is 5.03. The second kappa shape index (κ2) is 7.04. The Hall–Kier alpha value is -1.70. The summed E-state index contributed by atoms with van der Waals surface area (Å²) < 4.78 is 23.1. The smallest absolute Gasteiger partial charge is 0.274 e. The van der Waals surface area contributed by atoms with E-state index in [1.165, 1.54) is 30.4 Å². The van der Waals surface area contributed by atoms with Crippen LogP contribution in [0, 0.1) is 0 Å². The molecule has 8 heteroatoms. The van der Waals surface area contributed by atoms with E-state index >= 15 is 0 Å². The third-order valence-electron chi connectivity index (χ3n) is 4.90. The van der Waals surface area contributed by atoms with E-state index in [4.69, 9.17) is 0 Å². The maximum Gasteiger partial charge on any atom is 0.274 e. The van der Waals surface area contributed by atoms with Gasteiger partial charge in [0.15, 0.2) is 9.84 Å². The van der Waals surface area contributed by atoms with Crippen molar-refractivity contribution in [1.82, 2.24) is 14.9 Å². The van der Waals surface area contributed by atoms with Gasteiger partial charge in [0, 0.05) is 19.1 Å². The third-order valence-corrected chi connectivity index (χ3v) is 6.65. The first-order chi connectivity index (χ1) is 11.4. The van der Waals surface area contributed by atoms with Crippen LogP contribution in [0.4, 0.5) is 5.82 Å². The molecule has 1 saturated heterocycles. The molecule has 7 nitrogen and oxygen atoms in total. The molecule has 0 radical (unpaired) electrons. The number of hydrogen-bond donors (Lipinski definition) is 1. The van der Waals surface area contributed by atoms with Gasteiger partial charge < -0.3 is 10.2 Å². The van der Waals surface area contributed by atoms with Crippen LogP contribution in [-0.4, -0.2) is 59.8 Å². The highest BCUT2D eigenvalue weighted by molar-refractivity contribution is 7.91. The molecule has 2 fully saturated rings. The summed E-state index contributed by atoms with van der Waals surface area (Å²) in [6, 6.07) is 0.158. The highest BCUT2D eigenvalue weighted by Gasteiger charge is 2.33. The SMILES string of the molecule is CN(C(=O)c1cnc(NC2CCCCC2)cn1)C1CCS(=O)(=O)C1. The zero-order chi connectivity index (χ0) is 17.2. The Morgan fingerprint density at radius 3 is 2.50 bits per heavy atom. The molecule has 132 valence electrons. The number of hydrogen-bond acceptors (Lipinski definition) is 6. The van der Waals surface area contributed by atoms with Crippen LogP contribution < -0.4 is 5.32 Å². The van der Waals surface area contributed by atoms with Gasteiger partial charge in [0.25, 0.3) is 5.91 Å². The zero-order valence-corrected chi connectivity index (χ0v) is 14.8. The predicted molar refractivity (Wildman–Crippen MR) is 91.7 cm³/mol. The van der Waals surface area contributed by atoms with Crippen molar-refractivity contribution in [3.8, 4) is 0 Å². The van der Waals surface area contributed by atoms with Crippen molar-refractivity contribution >= 4 is 21.6 Å². The summed E-state index contributed by atoms with van der Waals surface area (Å²) in [5.74, 6) is 0.577. The van der Waals surface area contributed by atoms with Gasteiger partial charge in [0.1, 0.15) is 11.5 Å². The molecule has 1 atom stereocenters. The number of carbonyl (C=O) groups excluding carboxylic acids is 1. The average molecular weight is 352 g/mol. The zero-order valence-electron chi connectivity index (χ0n) is 13.9. The molecule has 1 unspecified atom stereocenters. The van der Waals surface area contributed by atoms with Crippen LogP contribution in [0.2, 0.25) is 0 Å². The second-order valence-corrected chi connectivity index (χ2v) is 8.97. The Morgan fingerprint density at radius 1 is 1.17 bits per heavy atom. The minimum Gasteiger partial charge on any atom is -0.366 e.